The zero-order valence-electron chi connectivity index (χ0n) is 16.5. The lowest BCUT2D eigenvalue weighted by atomic mass is 10.0. The van der Waals surface area contributed by atoms with Crippen LogP contribution in [0.15, 0.2) is 77.8 Å². The molecule has 1 aromatic heterocycles. The first kappa shape index (κ1) is 19.4. The van der Waals surface area contributed by atoms with Gasteiger partial charge in [-0.25, -0.2) is 4.39 Å². The van der Waals surface area contributed by atoms with Gasteiger partial charge in [0.1, 0.15) is 12.4 Å². The summed E-state index contributed by atoms with van der Waals surface area (Å²) in [6, 6.07) is 22.4. The fourth-order valence-electron chi connectivity index (χ4n) is 3.60. The van der Waals surface area contributed by atoms with Gasteiger partial charge in [0.25, 0.3) is 5.91 Å². The zero-order valence-corrected chi connectivity index (χ0v) is 16.5. The van der Waals surface area contributed by atoms with Gasteiger partial charge in [0, 0.05) is 11.4 Å². The Kier molecular flexibility index (Phi) is 5.06. The summed E-state index contributed by atoms with van der Waals surface area (Å²) in [4.78, 5) is 16.0. The van der Waals surface area contributed by atoms with Crippen LogP contribution in [0.2, 0.25) is 0 Å². The van der Waals surface area contributed by atoms with Gasteiger partial charge in [-0.3, -0.25) is 4.79 Å². The molecule has 1 heterocycles. The van der Waals surface area contributed by atoms with E-state index >= 15 is 0 Å². The largest absolute Gasteiger partial charge is 0.370 e. The minimum absolute atomic E-state index is 0.0428. The van der Waals surface area contributed by atoms with Crippen molar-refractivity contribution < 1.29 is 9.18 Å². The maximum absolute atomic E-state index is 13.4. The number of aromatic nitrogens is 1. The van der Waals surface area contributed by atoms with Crippen LogP contribution in [0.4, 0.5) is 4.39 Å². The third-order valence-corrected chi connectivity index (χ3v) is 4.96. The third kappa shape index (κ3) is 3.93. The Morgan fingerprint density at radius 1 is 0.867 bits per heavy atom. The number of hydrogen-bond donors (Lipinski definition) is 2. The van der Waals surface area contributed by atoms with E-state index in [1.165, 1.54) is 17.7 Å². The lowest BCUT2D eigenvalue weighted by molar-refractivity contribution is -0.118. The van der Waals surface area contributed by atoms with E-state index in [1.807, 2.05) is 22.8 Å². The molecule has 30 heavy (non-hydrogen) atoms. The van der Waals surface area contributed by atoms with Crippen LogP contribution >= 0.6 is 0 Å². The summed E-state index contributed by atoms with van der Waals surface area (Å²) in [5.41, 5.74) is 15.3. The maximum Gasteiger partial charge on any atom is 0.268 e. The number of benzene rings is 3. The zero-order chi connectivity index (χ0) is 21.3. The van der Waals surface area contributed by atoms with Crippen molar-refractivity contribution in [3.05, 3.63) is 84.2 Å². The van der Waals surface area contributed by atoms with E-state index in [0.29, 0.717) is 0 Å². The lowest BCUT2D eigenvalue weighted by Gasteiger charge is -2.13. The number of nitrogens with two attached hydrogens (primary N) is 2. The lowest BCUT2D eigenvalue weighted by Crippen LogP contribution is -2.25. The van der Waals surface area contributed by atoms with Crippen LogP contribution in [0.3, 0.4) is 0 Å². The molecule has 150 valence electrons. The number of carbonyl (C=O) groups is 1. The summed E-state index contributed by atoms with van der Waals surface area (Å²) < 4.78 is 15.2. The Hall–Kier alpha value is -3.93. The number of rotatable bonds is 4. The van der Waals surface area contributed by atoms with E-state index in [0.717, 1.165) is 33.3 Å². The van der Waals surface area contributed by atoms with Gasteiger partial charge in [-0.05, 0) is 71.3 Å². The molecule has 0 aliphatic rings. The number of aliphatic imine (C=N–C) groups is 1. The van der Waals surface area contributed by atoms with Gasteiger partial charge in [0.05, 0.1) is 0 Å². The highest BCUT2D eigenvalue weighted by Gasteiger charge is 2.15. The van der Waals surface area contributed by atoms with Crippen molar-refractivity contribution in [3.8, 4) is 22.5 Å². The number of aryl methyl sites for hydroxylation is 1. The monoisotopic (exact) mass is 400 g/mol. The highest BCUT2D eigenvalue weighted by Crippen LogP contribution is 2.31. The van der Waals surface area contributed by atoms with Gasteiger partial charge < -0.3 is 16.0 Å². The number of amides is 1. The second-order valence-electron chi connectivity index (χ2n) is 7.19. The highest BCUT2D eigenvalue weighted by atomic mass is 19.1. The number of nitrogens with zero attached hydrogens (tertiary/aromatic N) is 2. The Morgan fingerprint density at radius 3 is 2.17 bits per heavy atom. The number of fused-ring (bicyclic) bond motifs is 1. The standard InChI is InChI=1S/C24H21FN4O/c1-15-2-3-18-13-19(5-4-17(18)12-15)22-11-10-21(16-6-8-20(25)9-7-16)29(22)14-23(30)28-24(26)27/h2-13H,14H2,1H3,(H4,26,27,28,30). The van der Waals surface area contributed by atoms with Crippen LogP contribution in [0.1, 0.15) is 5.56 Å². The predicted molar refractivity (Wildman–Crippen MR) is 118 cm³/mol. The second-order valence-corrected chi connectivity index (χ2v) is 7.19. The van der Waals surface area contributed by atoms with E-state index in [1.54, 1.807) is 12.1 Å². The summed E-state index contributed by atoms with van der Waals surface area (Å²) >= 11 is 0. The molecule has 4 N–H and O–H groups in total. The molecule has 6 heteroatoms. The fourth-order valence-corrected chi connectivity index (χ4v) is 3.60. The van der Waals surface area contributed by atoms with Gasteiger partial charge in [0.2, 0.25) is 0 Å². The topological polar surface area (TPSA) is 86.4 Å². The second kappa shape index (κ2) is 7.83. The first-order valence-electron chi connectivity index (χ1n) is 9.49. The molecule has 0 unspecified atom stereocenters. The van der Waals surface area contributed by atoms with Gasteiger partial charge >= 0.3 is 0 Å². The summed E-state index contributed by atoms with van der Waals surface area (Å²) in [6.07, 6.45) is 0. The smallest absolute Gasteiger partial charge is 0.268 e. The Bertz CT molecular complexity index is 1270. The average molecular weight is 400 g/mol. The van der Waals surface area contributed by atoms with Crippen molar-refractivity contribution in [1.29, 1.82) is 0 Å². The number of carbonyl (C=O) groups excluding carboxylic acids is 1. The molecule has 0 aliphatic heterocycles. The van der Waals surface area contributed by atoms with Crippen LogP contribution in [0.25, 0.3) is 33.3 Å². The van der Waals surface area contributed by atoms with Crippen LogP contribution in [0, 0.1) is 12.7 Å². The van der Waals surface area contributed by atoms with Crippen LogP contribution in [-0.2, 0) is 11.3 Å². The fraction of sp³-hybridized carbons (Fsp3) is 0.0833. The number of guanidine groups is 1. The molecule has 4 rings (SSSR count). The van der Waals surface area contributed by atoms with E-state index in [9.17, 15) is 9.18 Å². The minimum Gasteiger partial charge on any atom is -0.370 e. The minimum atomic E-state index is -0.466. The molecule has 0 aliphatic carbocycles. The normalized spacial score (nSPS) is 10.9. The molecule has 0 fully saturated rings. The SMILES string of the molecule is Cc1ccc2cc(-c3ccc(-c4ccc(F)cc4)n3CC(=O)N=C(N)N)ccc2c1. The average Bonchev–Trinajstić information content (AvgIpc) is 3.11. The molecule has 0 spiro atoms. The van der Waals surface area contributed by atoms with Crippen molar-refractivity contribution in [2.45, 2.75) is 13.5 Å². The third-order valence-electron chi connectivity index (χ3n) is 4.96. The van der Waals surface area contributed by atoms with Crippen molar-refractivity contribution in [2.24, 2.45) is 16.5 Å². The Labute approximate surface area is 173 Å². The molecule has 4 aromatic rings. The van der Waals surface area contributed by atoms with Gasteiger partial charge in [0.15, 0.2) is 5.96 Å². The van der Waals surface area contributed by atoms with E-state index in [2.05, 4.69) is 42.2 Å². The quantitative estimate of drug-likeness (QED) is 0.397. The van der Waals surface area contributed by atoms with Crippen molar-refractivity contribution in [3.63, 3.8) is 0 Å². The van der Waals surface area contributed by atoms with Crippen molar-refractivity contribution in [1.82, 2.24) is 4.57 Å². The highest BCUT2D eigenvalue weighted by molar-refractivity contribution is 5.92. The molecule has 0 saturated heterocycles. The van der Waals surface area contributed by atoms with Crippen molar-refractivity contribution >= 4 is 22.6 Å². The van der Waals surface area contributed by atoms with E-state index < -0.39 is 5.91 Å². The summed E-state index contributed by atoms with van der Waals surface area (Å²) in [5, 5.41) is 2.25. The molecule has 0 radical (unpaired) electrons. The maximum atomic E-state index is 13.4. The predicted octanol–water partition coefficient (Wildman–Crippen LogP) is 4.22. The molecule has 3 aromatic carbocycles. The Morgan fingerprint density at radius 2 is 1.47 bits per heavy atom. The molecule has 1 amide bonds. The van der Waals surface area contributed by atoms with Crippen LogP contribution in [-0.4, -0.2) is 16.4 Å². The number of hydrogen-bond acceptors (Lipinski definition) is 1. The first-order chi connectivity index (χ1) is 14.4. The van der Waals surface area contributed by atoms with Gasteiger partial charge in [-0.15, -0.1) is 0 Å². The Balaban J connectivity index is 1.84. The van der Waals surface area contributed by atoms with E-state index in [-0.39, 0.29) is 18.3 Å². The molecule has 5 nitrogen and oxygen atoms in total. The van der Waals surface area contributed by atoms with Crippen LogP contribution < -0.4 is 11.5 Å². The van der Waals surface area contributed by atoms with E-state index in [4.69, 9.17) is 11.5 Å². The first-order valence-corrected chi connectivity index (χ1v) is 9.49. The molecule has 0 atom stereocenters. The van der Waals surface area contributed by atoms with Gasteiger partial charge in [-0.2, -0.15) is 4.99 Å². The number of halogens is 1. The summed E-state index contributed by atoms with van der Waals surface area (Å²) in [7, 11) is 0. The summed E-state index contributed by atoms with van der Waals surface area (Å²) in [5.74, 6) is -1.07. The molecule has 0 bridgehead atoms. The van der Waals surface area contributed by atoms with Crippen LogP contribution in [0.5, 0.6) is 0 Å². The molecular formula is C24H21FN4O. The molecular weight excluding hydrogens is 379 g/mol. The van der Waals surface area contributed by atoms with Gasteiger partial charge in [-0.1, -0.05) is 35.9 Å². The summed E-state index contributed by atoms with van der Waals surface area (Å²) in [6.45, 7) is 2.02. The van der Waals surface area contributed by atoms with Crippen molar-refractivity contribution in [2.75, 3.05) is 0 Å². The molecule has 0 saturated carbocycles.